The number of epoxide rings is 2. The van der Waals surface area contributed by atoms with E-state index >= 15 is 0 Å². The van der Waals surface area contributed by atoms with E-state index in [2.05, 4.69) is 30.4 Å². The zero-order chi connectivity index (χ0) is 15.9. The maximum absolute atomic E-state index is 11.2. The van der Waals surface area contributed by atoms with E-state index in [0.717, 1.165) is 26.1 Å². The lowest BCUT2D eigenvalue weighted by Gasteiger charge is -2.32. The Morgan fingerprint density at radius 1 is 1.13 bits per heavy atom. The van der Waals surface area contributed by atoms with Gasteiger partial charge in [-0.15, -0.1) is 0 Å². The second-order valence-electron chi connectivity index (χ2n) is 6.60. The molecule has 0 amide bonds. The van der Waals surface area contributed by atoms with Crippen molar-refractivity contribution < 1.29 is 19.4 Å². The molecule has 0 saturated carbocycles. The van der Waals surface area contributed by atoms with Crippen LogP contribution in [-0.2, 0) is 26.1 Å². The minimum Gasteiger partial charge on any atom is -0.481 e. The molecule has 0 bridgehead atoms. The smallest absolute Gasteiger partial charge is 0.314 e. The highest BCUT2D eigenvalue weighted by atomic mass is 16.6. The minimum atomic E-state index is -0.812. The lowest BCUT2D eigenvalue weighted by atomic mass is 9.71. The summed E-state index contributed by atoms with van der Waals surface area (Å²) >= 11 is 0. The fourth-order valence-electron chi connectivity index (χ4n) is 3.41. The number of carboxylic acids is 1. The van der Waals surface area contributed by atoms with Gasteiger partial charge in [0.25, 0.3) is 0 Å². The number of carbonyl (C=O) groups is 1. The van der Waals surface area contributed by atoms with E-state index in [9.17, 15) is 9.90 Å². The van der Waals surface area contributed by atoms with E-state index < -0.39 is 11.9 Å². The Bertz CT molecular complexity index is 654. The molecule has 1 aromatic carbocycles. The van der Waals surface area contributed by atoms with Crippen LogP contribution in [0.1, 0.15) is 17.5 Å². The van der Waals surface area contributed by atoms with Crippen LogP contribution in [0.2, 0.25) is 0 Å². The zero-order valence-electron chi connectivity index (χ0n) is 12.9. The van der Waals surface area contributed by atoms with E-state index in [4.69, 9.17) is 9.47 Å². The first-order chi connectivity index (χ1) is 11.2. The van der Waals surface area contributed by atoms with Crippen LogP contribution >= 0.6 is 0 Å². The summed E-state index contributed by atoms with van der Waals surface area (Å²) in [6.45, 7) is 1.62. The maximum Gasteiger partial charge on any atom is 0.314 e. The Morgan fingerprint density at radius 2 is 1.78 bits per heavy atom. The molecule has 4 heteroatoms. The number of hydrogen-bond donors (Lipinski definition) is 1. The summed E-state index contributed by atoms with van der Waals surface area (Å²) in [6, 6.07) is 8.40. The molecule has 1 N–H and O–H groups in total. The summed E-state index contributed by atoms with van der Waals surface area (Å²) in [4.78, 5) is 11.2. The topological polar surface area (TPSA) is 62.4 Å². The Morgan fingerprint density at radius 3 is 2.39 bits per heavy atom. The van der Waals surface area contributed by atoms with Crippen LogP contribution in [0.15, 0.2) is 48.6 Å². The molecule has 23 heavy (non-hydrogen) atoms. The zero-order valence-corrected chi connectivity index (χ0v) is 12.9. The molecule has 2 heterocycles. The molecular weight excluding hydrogens is 292 g/mol. The highest BCUT2D eigenvalue weighted by Crippen LogP contribution is 2.41. The summed E-state index contributed by atoms with van der Waals surface area (Å²) in [5, 5.41) is 9.21. The van der Waals surface area contributed by atoms with Crippen LogP contribution in [-0.4, -0.2) is 36.5 Å². The molecule has 2 saturated heterocycles. The Labute approximate surface area is 135 Å². The standard InChI is InChI=1S/C19H20O4/c20-18(21)13-5-7-19(8-6-13,10-16-12-23-16)17-4-2-1-3-14(17)9-15-11-22-15/h1-8,13,15-16H,9-12H2,(H,20,21). The number of aliphatic carboxylic acids is 1. The second kappa shape index (κ2) is 5.62. The molecule has 0 spiro atoms. The van der Waals surface area contributed by atoms with Crippen molar-refractivity contribution in [3.8, 4) is 0 Å². The Hall–Kier alpha value is -1.91. The van der Waals surface area contributed by atoms with E-state index in [-0.39, 0.29) is 11.5 Å². The van der Waals surface area contributed by atoms with Crippen LogP contribution < -0.4 is 0 Å². The van der Waals surface area contributed by atoms with E-state index in [0.29, 0.717) is 6.10 Å². The quantitative estimate of drug-likeness (QED) is 0.647. The summed E-state index contributed by atoms with van der Waals surface area (Å²) in [5.74, 6) is -1.35. The van der Waals surface area contributed by atoms with Crippen LogP contribution in [0.25, 0.3) is 0 Å². The van der Waals surface area contributed by atoms with E-state index in [1.165, 1.54) is 11.1 Å². The number of benzene rings is 1. The van der Waals surface area contributed by atoms with Crippen LogP contribution in [0.4, 0.5) is 0 Å². The van der Waals surface area contributed by atoms with Gasteiger partial charge in [-0.2, -0.15) is 0 Å². The molecule has 1 aromatic rings. The molecule has 120 valence electrons. The molecule has 2 aliphatic heterocycles. The van der Waals surface area contributed by atoms with Gasteiger partial charge in [-0.05, 0) is 17.5 Å². The number of rotatable bonds is 6. The Kier molecular flexibility index (Phi) is 3.58. The average Bonchev–Trinajstić information content (AvgIpc) is 3.45. The first kappa shape index (κ1) is 14.7. The van der Waals surface area contributed by atoms with Crippen molar-refractivity contribution in [2.45, 2.75) is 30.5 Å². The summed E-state index contributed by atoms with van der Waals surface area (Å²) < 4.78 is 10.8. The number of carboxylic acid groups (broad SMARTS) is 1. The van der Waals surface area contributed by atoms with Crippen LogP contribution in [0.5, 0.6) is 0 Å². The number of hydrogen-bond acceptors (Lipinski definition) is 3. The third-order valence-corrected chi connectivity index (χ3v) is 4.82. The van der Waals surface area contributed by atoms with E-state index in [1.807, 2.05) is 6.07 Å². The largest absolute Gasteiger partial charge is 0.481 e. The number of allylic oxidation sites excluding steroid dienone is 2. The van der Waals surface area contributed by atoms with Gasteiger partial charge in [0, 0.05) is 11.8 Å². The molecule has 0 radical (unpaired) electrons. The van der Waals surface area contributed by atoms with Gasteiger partial charge in [-0.25, -0.2) is 0 Å². The predicted molar refractivity (Wildman–Crippen MR) is 85.3 cm³/mol. The van der Waals surface area contributed by atoms with Gasteiger partial charge in [0.05, 0.1) is 31.3 Å². The molecule has 4 nitrogen and oxygen atoms in total. The number of ether oxygens (including phenoxy) is 2. The maximum atomic E-state index is 11.2. The molecule has 3 aliphatic rings. The second-order valence-corrected chi connectivity index (χ2v) is 6.60. The van der Waals surface area contributed by atoms with Gasteiger partial charge >= 0.3 is 5.97 Å². The Balaban J connectivity index is 1.70. The fraction of sp³-hybridized carbons (Fsp3) is 0.421. The van der Waals surface area contributed by atoms with Gasteiger partial charge in [-0.3, -0.25) is 4.79 Å². The van der Waals surface area contributed by atoms with Gasteiger partial charge in [0.1, 0.15) is 0 Å². The molecule has 2 unspecified atom stereocenters. The van der Waals surface area contributed by atoms with Crippen molar-refractivity contribution in [3.05, 3.63) is 59.7 Å². The summed E-state index contributed by atoms with van der Waals surface area (Å²) in [6.07, 6.45) is 10.1. The highest BCUT2D eigenvalue weighted by molar-refractivity contribution is 5.75. The molecular formula is C19H20O4. The third-order valence-electron chi connectivity index (χ3n) is 4.82. The van der Waals surface area contributed by atoms with Gasteiger partial charge < -0.3 is 14.6 Å². The first-order valence-corrected chi connectivity index (χ1v) is 8.09. The molecule has 1 aliphatic carbocycles. The van der Waals surface area contributed by atoms with Crippen LogP contribution in [0, 0.1) is 5.92 Å². The van der Waals surface area contributed by atoms with Gasteiger partial charge in [0.2, 0.25) is 0 Å². The van der Waals surface area contributed by atoms with Crippen molar-refractivity contribution in [1.29, 1.82) is 0 Å². The van der Waals surface area contributed by atoms with Crippen molar-refractivity contribution in [1.82, 2.24) is 0 Å². The molecule has 4 rings (SSSR count). The molecule has 2 fully saturated rings. The van der Waals surface area contributed by atoms with Crippen molar-refractivity contribution >= 4 is 5.97 Å². The van der Waals surface area contributed by atoms with Crippen molar-refractivity contribution in [2.24, 2.45) is 5.92 Å². The van der Waals surface area contributed by atoms with Gasteiger partial charge in [-0.1, -0.05) is 48.6 Å². The van der Waals surface area contributed by atoms with Crippen LogP contribution in [0.3, 0.4) is 0 Å². The highest BCUT2D eigenvalue weighted by Gasteiger charge is 2.39. The van der Waals surface area contributed by atoms with Crippen molar-refractivity contribution in [3.63, 3.8) is 0 Å². The van der Waals surface area contributed by atoms with Gasteiger partial charge in [0.15, 0.2) is 0 Å². The molecule has 2 atom stereocenters. The monoisotopic (exact) mass is 312 g/mol. The van der Waals surface area contributed by atoms with E-state index in [1.54, 1.807) is 12.2 Å². The normalized spacial score (nSPS) is 34.3. The predicted octanol–water partition coefficient (Wildman–Crippen LogP) is 2.48. The lowest BCUT2D eigenvalue weighted by molar-refractivity contribution is -0.138. The third kappa shape index (κ3) is 3.09. The SMILES string of the molecule is O=C(O)C1C=CC(CC2CO2)(c2ccccc2CC2CO2)C=C1. The fourth-order valence-corrected chi connectivity index (χ4v) is 3.41. The molecule has 0 aromatic heterocycles. The first-order valence-electron chi connectivity index (χ1n) is 8.09. The summed E-state index contributed by atoms with van der Waals surface area (Å²) in [5.41, 5.74) is 2.24. The average molecular weight is 312 g/mol. The summed E-state index contributed by atoms with van der Waals surface area (Å²) in [7, 11) is 0. The van der Waals surface area contributed by atoms with Crippen molar-refractivity contribution in [2.75, 3.05) is 13.2 Å². The minimum absolute atomic E-state index is 0.260. The lowest BCUT2D eigenvalue weighted by Crippen LogP contribution is -2.29.